The Morgan fingerprint density at radius 3 is 2.85 bits per heavy atom. The van der Waals surface area contributed by atoms with Gasteiger partial charge in [-0.2, -0.15) is 0 Å². The highest BCUT2D eigenvalue weighted by atomic mass is 16.3. The molecule has 2 heteroatoms. The molecule has 1 aromatic carbocycles. The summed E-state index contributed by atoms with van der Waals surface area (Å²) in [7, 11) is 0. The maximum Gasteiger partial charge on any atom is 0.0552 e. The Morgan fingerprint density at radius 1 is 1.62 bits per heavy atom. The molecule has 1 unspecified atom stereocenters. The minimum atomic E-state index is -0.395. The zero-order valence-electron chi connectivity index (χ0n) is 7.62. The molecule has 0 aliphatic rings. The molecule has 0 aliphatic carbocycles. The largest absolute Gasteiger partial charge is 0.398 e. The lowest BCUT2D eigenvalue weighted by atomic mass is 10.0. The average molecular weight is 175 g/mol. The van der Waals surface area contributed by atoms with Crippen LogP contribution in [0.3, 0.4) is 0 Å². The second-order valence-corrected chi connectivity index (χ2v) is 3.08. The summed E-state index contributed by atoms with van der Waals surface area (Å²) in [6.45, 7) is 1.73. The summed E-state index contributed by atoms with van der Waals surface area (Å²) >= 11 is 0. The number of hydrogen-bond acceptors (Lipinski definition) is 2. The predicted octanol–water partition coefficient (Wildman–Crippen LogP) is 1.17. The molecular weight excluding hydrogens is 162 g/mol. The van der Waals surface area contributed by atoms with Crippen LogP contribution in [0, 0.1) is 12.3 Å². The van der Waals surface area contributed by atoms with Crippen molar-refractivity contribution in [2.24, 2.45) is 0 Å². The fraction of sp³-hybridized carbons (Fsp3) is 0.273. The second kappa shape index (κ2) is 3.97. The molecule has 1 rings (SSSR count). The lowest BCUT2D eigenvalue weighted by Gasteiger charge is -2.08. The quantitative estimate of drug-likeness (QED) is 0.523. The molecule has 3 N–H and O–H groups in total. The number of hydrogen-bond donors (Lipinski definition) is 2. The van der Waals surface area contributed by atoms with Crippen LogP contribution >= 0.6 is 0 Å². The lowest BCUT2D eigenvalue weighted by Crippen LogP contribution is -2.07. The molecule has 0 amide bonds. The van der Waals surface area contributed by atoms with Crippen molar-refractivity contribution in [2.45, 2.75) is 19.4 Å². The molecule has 0 spiro atoms. The SMILES string of the molecule is C#Cc1c(N)cccc1CC(C)O. The van der Waals surface area contributed by atoms with E-state index in [1.165, 1.54) is 0 Å². The first-order chi connectivity index (χ1) is 6.15. The van der Waals surface area contributed by atoms with Gasteiger partial charge in [-0.15, -0.1) is 6.42 Å². The first kappa shape index (κ1) is 9.63. The maximum absolute atomic E-state index is 9.21. The van der Waals surface area contributed by atoms with Crippen LogP contribution in [0.15, 0.2) is 18.2 Å². The van der Waals surface area contributed by atoms with Crippen molar-refractivity contribution in [1.82, 2.24) is 0 Å². The van der Waals surface area contributed by atoms with Crippen LogP contribution in [0.2, 0.25) is 0 Å². The van der Waals surface area contributed by atoms with E-state index in [1.807, 2.05) is 12.1 Å². The Kier molecular flexibility index (Phi) is 2.94. The summed E-state index contributed by atoms with van der Waals surface area (Å²) in [6.07, 6.45) is 5.47. The summed E-state index contributed by atoms with van der Waals surface area (Å²) in [5, 5.41) is 9.21. The number of nitrogen functional groups attached to an aromatic ring is 1. The number of benzene rings is 1. The van der Waals surface area contributed by atoms with E-state index in [4.69, 9.17) is 12.2 Å². The van der Waals surface area contributed by atoms with E-state index in [2.05, 4.69) is 5.92 Å². The number of nitrogens with two attached hydrogens (primary N) is 1. The van der Waals surface area contributed by atoms with Gasteiger partial charge in [0.15, 0.2) is 0 Å². The molecule has 2 nitrogen and oxygen atoms in total. The van der Waals surface area contributed by atoms with Gasteiger partial charge in [0.2, 0.25) is 0 Å². The molecule has 0 aliphatic heterocycles. The zero-order valence-corrected chi connectivity index (χ0v) is 7.62. The van der Waals surface area contributed by atoms with Gasteiger partial charge in [0.05, 0.1) is 11.7 Å². The van der Waals surface area contributed by atoms with E-state index < -0.39 is 6.10 Å². The van der Waals surface area contributed by atoms with Crippen molar-refractivity contribution < 1.29 is 5.11 Å². The first-order valence-electron chi connectivity index (χ1n) is 4.17. The Balaban J connectivity index is 3.07. The highest BCUT2D eigenvalue weighted by Gasteiger charge is 2.05. The minimum Gasteiger partial charge on any atom is -0.398 e. The third-order valence-corrected chi connectivity index (χ3v) is 1.84. The number of anilines is 1. The van der Waals surface area contributed by atoms with Crippen LogP contribution in [0.1, 0.15) is 18.1 Å². The summed E-state index contributed by atoms with van der Waals surface area (Å²) in [6, 6.07) is 5.49. The molecule has 0 bridgehead atoms. The summed E-state index contributed by atoms with van der Waals surface area (Å²) in [5.74, 6) is 2.53. The van der Waals surface area contributed by atoms with E-state index in [-0.39, 0.29) is 0 Å². The first-order valence-corrected chi connectivity index (χ1v) is 4.17. The highest BCUT2D eigenvalue weighted by molar-refractivity contribution is 5.59. The topological polar surface area (TPSA) is 46.2 Å². The number of terminal acetylenes is 1. The van der Waals surface area contributed by atoms with Crippen LogP contribution in [-0.4, -0.2) is 11.2 Å². The van der Waals surface area contributed by atoms with Crippen LogP contribution in [-0.2, 0) is 6.42 Å². The van der Waals surface area contributed by atoms with Crippen LogP contribution in [0.4, 0.5) is 5.69 Å². The van der Waals surface area contributed by atoms with Crippen molar-refractivity contribution in [3.8, 4) is 12.3 Å². The number of aliphatic hydroxyl groups is 1. The van der Waals surface area contributed by atoms with Crippen molar-refractivity contribution in [1.29, 1.82) is 0 Å². The van der Waals surface area contributed by atoms with E-state index in [9.17, 15) is 5.11 Å². The molecule has 13 heavy (non-hydrogen) atoms. The van der Waals surface area contributed by atoms with Gasteiger partial charge < -0.3 is 10.8 Å². The fourth-order valence-electron chi connectivity index (χ4n) is 1.28. The second-order valence-electron chi connectivity index (χ2n) is 3.08. The van der Waals surface area contributed by atoms with Crippen LogP contribution < -0.4 is 5.73 Å². The predicted molar refractivity (Wildman–Crippen MR) is 54.2 cm³/mol. The molecule has 0 radical (unpaired) electrons. The normalized spacial score (nSPS) is 12.1. The Hall–Kier alpha value is -1.46. The van der Waals surface area contributed by atoms with E-state index >= 15 is 0 Å². The Morgan fingerprint density at radius 2 is 2.31 bits per heavy atom. The Bertz CT molecular complexity index is 336. The van der Waals surface area contributed by atoms with Gasteiger partial charge in [-0.3, -0.25) is 0 Å². The number of aliphatic hydroxyl groups excluding tert-OH is 1. The summed E-state index contributed by atoms with van der Waals surface area (Å²) in [5.41, 5.74) is 7.91. The maximum atomic E-state index is 9.21. The molecular formula is C11H13NO. The van der Waals surface area contributed by atoms with Gasteiger partial charge in [0, 0.05) is 5.69 Å². The minimum absolute atomic E-state index is 0.395. The van der Waals surface area contributed by atoms with Gasteiger partial charge in [-0.05, 0) is 25.0 Å². The average Bonchev–Trinajstić information content (AvgIpc) is 2.03. The van der Waals surface area contributed by atoms with Gasteiger partial charge in [-0.25, -0.2) is 0 Å². The van der Waals surface area contributed by atoms with Gasteiger partial charge in [0.1, 0.15) is 0 Å². The monoisotopic (exact) mass is 175 g/mol. The van der Waals surface area contributed by atoms with E-state index in [1.54, 1.807) is 13.0 Å². The molecule has 0 fully saturated rings. The van der Waals surface area contributed by atoms with Gasteiger partial charge in [-0.1, -0.05) is 18.1 Å². The molecule has 1 atom stereocenters. The third-order valence-electron chi connectivity index (χ3n) is 1.84. The summed E-state index contributed by atoms with van der Waals surface area (Å²) < 4.78 is 0. The van der Waals surface area contributed by atoms with Crippen molar-refractivity contribution in [3.05, 3.63) is 29.3 Å². The number of rotatable bonds is 2. The molecule has 0 heterocycles. The van der Waals surface area contributed by atoms with E-state index in [0.29, 0.717) is 17.7 Å². The van der Waals surface area contributed by atoms with Crippen LogP contribution in [0.25, 0.3) is 0 Å². The molecule has 0 saturated carbocycles. The van der Waals surface area contributed by atoms with Crippen molar-refractivity contribution in [3.63, 3.8) is 0 Å². The smallest absolute Gasteiger partial charge is 0.0552 e. The third kappa shape index (κ3) is 2.24. The van der Waals surface area contributed by atoms with Crippen molar-refractivity contribution >= 4 is 5.69 Å². The van der Waals surface area contributed by atoms with Gasteiger partial charge in [0.25, 0.3) is 0 Å². The highest BCUT2D eigenvalue weighted by Crippen LogP contribution is 2.17. The standard InChI is InChI=1S/C11H13NO/c1-3-10-9(7-8(2)13)5-4-6-11(10)12/h1,4-6,8,13H,7,12H2,2H3. The van der Waals surface area contributed by atoms with Crippen molar-refractivity contribution in [2.75, 3.05) is 5.73 Å². The fourth-order valence-corrected chi connectivity index (χ4v) is 1.28. The van der Waals surface area contributed by atoms with Crippen LogP contribution in [0.5, 0.6) is 0 Å². The molecule has 68 valence electrons. The molecule has 0 saturated heterocycles. The zero-order chi connectivity index (χ0) is 9.84. The molecule has 1 aromatic rings. The summed E-state index contributed by atoms with van der Waals surface area (Å²) in [4.78, 5) is 0. The molecule has 0 aromatic heterocycles. The van der Waals surface area contributed by atoms with Gasteiger partial charge >= 0.3 is 0 Å². The Labute approximate surface area is 78.4 Å². The lowest BCUT2D eigenvalue weighted by molar-refractivity contribution is 0.195. The van der Waals surface area contributed by atoms with E-state index in [0.717, 1.165) is 5.56 Å².